The Labute approximate surface area is 101 Å². The van der Waals surface area contributed by atoms with Gasteiger partial charge in [-0.25, -0.2) is 8.78 Å². The molecule has 1 aromatic heterocycles. The van der Waals surface area contributed by atoms with Gasteiger partial charge >= 0.3 is 0 Å². The number of nitrogens with one attached hydrogen (secondary N) is 1. The predicted octanol–water partition coefficient (Wildman–Crippen LogP) is 2.64. The van der Waals surface area contributed by atoms with Gasteiger partial charge in [0.1, 0.15) is 0 Å². The molecule has 98 valence electrons. The van der Waals surface area contributed by atoms with E-state index in [1.165, 1.54) is 0 Å². The molecule has 0 bridgehead atoms. The van der Waals surface area contributed by atoms with Crippen LogP contribution in [0.3, 0.4) is 0 Å². The molecular weight excluding hydrogens is 224 g/mol. The lowest BCUT2D eigenvalue weighted by molar-refractivity contribution is 0.101. The number of hydrogen-bond donors (Lipinski definition) is 1. The largest absolute Gasteiger partial charge is 0.312 e. The minimum absolute atomic E-state index is 0.265. The maximum absolute atomic E-state index is 12.6. The highest BCUT2D eigenvalue weighted by Gasteiger charge is 2.20. The van der Waals surface area contributed by atoms with Crippen molar-refractivity contribution in [1.82, 2.24) is 15.1 Å². The normalized spacial score (nSPS) is 13.6. The van der Waals surface area contributed by atoms with Crippen LogP contribution in [0.1, 0.15) is 38.4 Å². The van der Waals surface area contributed by atoms with Crippen molar-refractivity contribution in [3.63, 3.8) is 0 Å². The van der Waals surface area contributed by atoms with E-state index >= 15 is 0 Å². The Morgan fingerprint density at radius 2 is 2.00 bits per heavy atom. The van der Waals surface area contributed by atoms with Crippen molar-refractivity contribution in [3.05, 3.63) is 18.0 Å². The van der Waals surface area contributed by atoms with Gasteiger partial charge in [0.25, 0.3) is 6.43 Å². The van der Waals surface area contributed by atoms with Crippen molar-refractivity contribution < 1.29 is 8.78 Å². The molecule has 5 heteroatoms. The molecule has 3 nitrogen and oxygen atoms in total. The SMILES string of the molecule is CCC(CC)n1ccc(CC(NC)C(F)F)n1. The molecule has 1 heterocycles. The number of halogens is 2. The third kappa shape index (κ3) is 3.77. The van der Waals surface area contributed by atoms with Crippen LogP contribution in [0.5, 0.6) is 0 Å². The molecule has 17 heavy (non-hydrogen) atoms. The Bertz CT molecular complexity index is 321. The van der Waals surface area contributed by atoms with Crippen LogP contribution in [0.2, 0.25) is 0 Å². The number of likely N-dealkylation sites (N-methyl/N-ethyl adjacent to an activating group) is 1. The Morgan fingerprint density at radius 1 is 1.35 bits per heavy atom. The van der Waals surface area contributed by atoms with Crippen molar-refractivity contribution in [1.29, 1.82) is 0 Å². The van der Waals surface area contributed by atoms with Gasteiger partial charge in [-0.15, -0.1) is 0 Å². The Morgan fingerprint density at radius 3 is 2.47 bits per heavy atom. The summed E-state index contributed by atoms with van der Waals surface area (Å²) in [6.07, 6.45) is 1.79. The van der Waals surface area contributed by atoms with Crippen molar-refractivity contribution in [2.45, 2.75) is 51.6 Å². The highest BCUT2D eigenvalue weighted by Crippen LogP contribution is 2.15. The smallest absolute Gasteiger partial charge is 0.254 e. The van der Waals surface area contributed by atoms with E-state index in [9.17, 15) is 8.78 Å². The fourth-order valence-corrected chi connectivity index (χ4v) is 1.89. The molecule has 1 N–H and O–H groups in total. The Hall–Kier alpha value is -0.970. The number of aromatic nitrogens is 2. The van der Waals surface area contributed by atoms with E-state index in [2.05, 4.69) is 24.3 Å². The molecule has 1 unspecified atom stereocenters. The third-order valence-corrected chi connectivity index (χ3v) is 3.08. The van der Waals surface area contributed by atoms with Gasteiger partial charge in [-0.05, 0) is 26.0 Å². The molecule has 0 amide bonds. The highest BCUT2D eigenvalue weighted by atomic mass is 19.3. The first-order valence-corrected chi connectivity index (χ1v) is 6.11. The molecule has 1 atom stereocenters. The van der Waals surface area contributed by atoms with Crippen molar-refractivity contribution in [2.24, 2.45) is 0 Å². The molecule has 0 saturated heterocycles. The standard InChI is InChI=1S/C12H21F2N3/c1-4-10(5-2)17-7-6-9(16-17)8-11(15-3)12(13)14/h6-7,10-12,15H,4-5,8H2,1-3H3. The maximum Gasteiger partial charge on any atom is 0.254 e. The summed E-state index contributed by atoms with van der Waals surface area (Å²) in [4.78, 5) is 0. The van der Waals surface area contributed by atoms with Crippen molar-refractivity contribution >= 4 is 0 Å². The summed E-state index contributed by atoms with van der Waals surface area (Å²) in [5.74, 6) is 0. The first-order valence-electron chi connectivity index (χ1n) is 6.11. The van der Waals surface area contributed by atoms with Crippen LogP contribution in [-0.4, -0.2) is 29.3 Å². The summed E-state index contributed by atoms with van der Waals surface area (Å²) in [6.45, 7) is 4.20. The summed E-state index contributed by atoms with van der Waals surface area (Å²) in [5.41, 5.74) is 0.719. The van der Waals surface area contributed by atoms with Gasteiger partial charge in [0.2, 0.25) is 0 Å². The van der Waals surface area contributed by atoms with Gasteiger partial charge in [-0.3, -0.25) is 4.68 Å². The minimum Gasteiger partial charge on any atom is -0.312 e. The molecule has 1 aromatic rings. The third-order valence-electron chi connectivity index (χ3n) is 3.08. The molecule has 0 radical (unpaired) electrons. The zero-order valence-corrected chi connectivity index (χ0v) is 10.7. The van der Waals surface area contributed by atoms with Crippen LogP contribution in [0, 0.1) is 0 Å². The van der Waals surface area contributed by atoms with Crippen LogP contribution < -0.4 is 5.32 Å². The average molecular weight is 245 g/mol. The van der Waals surface area contributed by atoms with Crippen molar-refractivity contribution in [2.75, 3.05) is 7.05 Å². The predicted molar refractivity (Wildman–Crippen MR) is 64.4 cm³/mol. The van der Waals surface area contributed by atoms with Gasteiger partial charge in [-0.2, -0.15) is 5.10 Å². The summed E-state index contributed by atoms with van der Waals surface area (Å²) >= 11 is 0. The monoisotopic (exact) mass is 245 g/mol. The average Bonchev–Trinajstić information content (AvgIpc) is 2.76. The second kappa shape index (κ2) is 6.69. The molecule has 0 spiro atoms. The molecule has 0 saturated carbocycles. The lowest BCUT2D eigenvalue weighted by atomic mass is 10.2. The summed E-state index contributed by atoms with van der Waals surface area (Å²) in [5, 5.41) is 6.98. The van der Waals surface area contributed by atoms with Gasteiger partial charge in [0.05, 0.1) is 17.8 Å². The van der Waals surface area contributed by atoms with Crippen LogP contribution in [0.4, 0.5) is 8.78 Å². The van der Waals surface area contributed by atoms with Gasteiger partial charge in [0, 0.05) is 12.6 Å². The summed E-state index contributed by atoms with van der Waals surface area (Å²) in [7, 11) is 1.55. The second-order valence-electron chi connectivity index (χ2n) is 4.19. The Balaban J connectivity index is 2.67. The summed E-state index contributed by atoms with van der Waals surface area (Å²) < 4.78 is 27.1. The van der Waals surface area contributed by atoms with Gasteiger partial charge in [-0.1, -0.05) is 13.8 Å². The minimum atomic E-state index is -2.36. The van der Waals surface area contributed by atoms with Crippen LogP contribution in [0.25, 0.3) is 0 Å². The van der Waals surface area contributed by atoms with E-state index in [1.807, 2.05) is 16.9 Å². The van der Waals surface area contributed by atoms with Gasteiger partial charge in [0.15, 0.2) is 0 Å². The first kappa shape index (κ1) is 14.1. The van der Waals surface area contributed by atoms with Crippen LogP contribution >= 0.6 is 0 Å². The Kier molecular flexibility index (Phi) is 5.55. The molecule has 0 aromatic carbocycles. The van der Waals surface area contributed by atoms with E-state index in [1.54, 1.807) is 7.05 Å². The first-order chi connectivity index (χ1) is 8.12. The lowest BCUT2D eigenvalue weighted by Gasteiger charge is -2.14. The lowest BCUT2D eigenvalue weighted by Crippen LogP contribution is -2.34. The quantitative estimate of drug-likeness (QED) is 0.800. The van der Waals surface area contributed by atoms with Gasteiger partial charge < -0.3 is 5.32 Å². The molecular formula is C12H21F2N3. The number of alkyl halides is 2. The van der Waals surface area contributed by atoms with E-state index < -0.39 is 12.5 Å². The molecule has 0 aliphatic rings. The van der Waals surface area contributed by atoms with E-state index in [-0.39, 0.29) is 6.42 Å². The number of nitrogens with zero attached hydrogens (tertiary/aromatic N) is 2. The van der Waals surface area contributed by atoms with E-state index in [0.29, 0.717) is 6.04 Å². The van der Waals surface area contributed by atoms with Crippen LogP contribution in [0.15, 0.2) is 12.3 Å². The van der Waals surface area contributed by atoms with Crippen molar-refractivity contribution in [3.8, 4) is 0 Å². The van der Waals surface area contributed by atoms with E-state index in [0.717, 1.165) is 18.5 Å². The number of hydrogen-bond acceptors (Lipinski definition) is 2. The highest BCUT2D eigenvalue weighted by molar-refractivity contribution is 5.02. The zero-order chi connectivity index (χ0) is 12.8. The zero-order valence-electron chi connectivity index (χ0n) is 10.7. The molecule has 0 aliphatic carbocycles. The number of rotatable bonds is 7. The fourth-order valence-electron chi connectivity index (χ4n) is 1.89. The molecule has 1 rings (SSSR count). The molecule has 0 fully saturated rings. The summed E-state index contributed by atoms with van der Waals surface area (Å²) in [6, 6.07) is 1.37. The topological polar surface area (TPSA) is 29.9 Å². The fraction of sp³-hybridized carbons (Fsp3) is 0.750. The second-order valence-corrected chi connectivity index (χ2v) is 4.19. The molecule has 0 aliphatic heterocycles. The maximum atomic E-state index is 12.6. The van der Waals surface area contributed by atoms with Crippen LogP contribution in [-0.2, 0) is 6.42 Å². The van der Waals surface area contributed by atoms with E-state index in [4.69, 9.17) is 0 Å².